The van der Waals surface area contributed by atoms with Gasteiger partial charge in [-0.3, -0.25) is 4.79 Å². The van der Waals surface area contributed by atoms with Gasteiger partial charge in [-0.05, 0) is 36.2 Å². The fraction of sp³-hybridized carbons (Fsp3) is 0.333. The summed E-state index contributed by atoms with van der Waals surface area (Å²) in [7, 11) is 0. The maximum atomic E-state index is 11.4. The van der Waals surface area contributed by atoms with Crippen molar-refractivity contribution in [3.8, 4) is 5.75 Å². The number of carbonyl (C=O) groups excluding carboxylic acids is 1. The first kappa shape index (κ1) is 25.1. The Bertz CT molecular complexity index is 1030. The van der Waals surface area contributed by atoms with Crippen molar-refractivity contribution in [2.24, 2.45) is 0 Å². The molecular formula is C24H27Cl2N3O4. The van der Waals surface area contributed by atoms with Gasteiger partial charge in [-0.1, -0.05) is 35.9 Å². The molecule has 1 N–H and O–H groups in total. The number of rotatable bonds is 9. The number of anilines is 1. The third-order valence-electron chi connectivity index (χ3n) is 5.23. The van der Waals surface area contributed by atoms with Gasteiger partial charge in [0.15, 0.2) is 5.79 Å². The average molecular weight is 492 g/mol. The van der Waals surface area contributed by atoms with Gasteiger partial charge in [0, 0.05) is 30.8 Å². The standard InChI is InChI=1S/C24H26ClN3O4.ClH/c1-18(29)27-22-4-2-3-5-23(22)30-14-21-15-31-24(32-21,16-28-13-12-26-17-28)11-10-19-6-8-20(25)9-7-19;/h2-9,12-13,17,21H,10-11,14-16H2,1H3,(H,27,29);1H/t21-,24+;/m1./s1. The molecule has 1 aliphatic rings. The topological polar surface area (TPSA) is 74.6 Å². The molecule has 1 amide bonds. The quantitative estimate of drug-likeness (QED) is 0.467. The highest BCUT2D eigenvalue weighted by Gasteiger charge is 2.42. The van der Waals surface area contributed by atoms with Crippen molar-refractivity contribution in [1.82, 2.24) is 9.55 Å². The van der Waals surface area contributed by atoms with Crippen LogP contribution in [-0.2, 0) is 27.2 Å². The van der Waals surface area contributed by atoms with Crippen LogP contribution in [0.3, 0.4) is 0 Å². The Morgan fingerprint density at radius 1 is 1.27 bits per heavy atom. The van der Waals surface area contributed by atoms with Crippen molar-refractivity contribution in [2.75, 3.05) is 18.5 Å². The fourth-order valence-electron chi connectivity index (χ4n) is 3.70. The number of aromatic nitrogens is 2. The molecule has 0 saturated carbocycles. The smallest absolute Gasteiger partial charge is 0.221 e. The number of hydrogen-bond donors (Lipinski definition) is 1. The number of halogens is 2. The van der Waals surface area contributed by atoms with E-state index < -0.39 is 5.79 Å². The summed E-state index contributed by atoms with van der Waals surface area (Å²) in [5, 5.41) is 3.50. The Labute approximate surface area is 204 Å². The Balaban J connectivity index is 0.00000306. The van der Waals surface area contributed by atoms with Gasteiger partial charge in [-0.2, -0.15) is 0 Å². The number of imidazole rings is 1. The second kappa shape index (κ2) is 11.5. The molecule has 2 aromatic carbocycles. The van der Waals surface area contributed by atoms with Gasteiger partial charge in [0.1, 0.15) is 18.5 Å². The van der Waals surface area contributed by atoms with Crippen molar-refractivity contribution < 1.29 is 19.0 Å². The molecule has 1 aliphatic heterocycles. The van der Waals surface area contributed by atoms with E-state index >= 15 is 0 Å². The van der Waals surface area contributed by atoms with Gasteiger partial charge in [-0.25, -0.2) is 4.98 Å². The average Bonchev–Trinajstić information content (AvgIpc) is 3.43. The number of amides is 1. The summed E-state index contributed by atoms with van der Waals surface area (Å²) in [6, 6.07) is 15.1. The highest BCUT2D eigenvalue weighted by atomic mass is 35.5. The maximum absolute atomic E-state index is 11.4. The predicted molar refractivity (Wildman–Crippen MR) is 129 cm³/mol. The van der Waals surface area contributed by atoms with Gasteiger partial charge in [0.25, 0.3) is 0 Å². The monoisotopic (exact) mass is 491 g/mol. The number of carbonyl (C=O) groups is 1. The zero-order valence-corrected chi connectivity index (χ0v) is 19.8. The van der Waals surface area contributed by atoms with E-state index in [1.165, 1.54) is 6.92 Å². The molecule has 2 atom stereocenters. The number of aryl methyl sites for hydroxylation is 1. The molecular weight excluding hydrogens is 465 g/mol. The van der Waals surface area contributed by atoms with E-state index in [0.717, 1.165) is 12.0 Å². The molecule has 0 radical (unpaired) electrons. The minimum Gasteiger partial charge on any atom is -0.489 e. The molecule has 2 heterocycles. The van der Waals surface area contributed by atoms with E-state index in [9.17, 15) is 4.79 Å². The normalized spacial score (nSPS) is 19.6. The Morgan fingerprint density at radius 3 is 2.79 bits per heavy atom. The molecule has 176 valence electrons. The van der Waals surface area contributed by atoms with E-state index in [-0.39, 0.29) is 24.4 Å². The first-order valence-corrected chi connectivity index (χ1v) is 10.9. The lowest BCUT2D eigenvalue weighted by molar-refractivity contribution is -0.184. The number of nitrogens with zero attached hydrogens (tertiary/aromatic N) is 2. The third-order valence-corrected chi connectivity index (χ3v) is 5.48. The Kier molecular flexibility index (Phi) is 8.74. The van der Waals surface area contributed by atoms with Crippen LogP contribution >= 0.6 is 24.0 Å². The first-order chi connectivity index (χ1) is 15.5. The largest absolute Gasteiger partial charge is 0.489 e. The van der Waals surface area contributed by atoms with E-state index in [4.69, 9.17) is 25.8 Å². The highest BCUT2D eigenvalue weighted by molar-refractivity contribution is 6.30. The number of hydrogen-bond acceptors (Lipinski definition) is 5. The number of para-hydroxylation sites is 2. The Morgan fingerprint density at radius 2 is 2.06 bits per heavy atom. The molecule has 0 aliphatic carbocycles. The molecule has 7 nitrogen and oxygen atoms in total. The first-order valence-electron chi connectivity index (χ1n) is 10.5. The highest BCUT2D eigenvalue weighted by Crippen LogP contribution is 2.32. The SMILES string of the molecule is CC(=O)Nc1ccccc1OC[C@@H]1CO[C@](CCc2ccc(Cl)cc2)(Cn2ccnc2)O1.Cl. The van der Waals surface area contributed by atoms with Crippen LogP contribution in [0, 0.1) is 0 Å². The molecule has 0 unspecified atom stereocenters. The second-order valence-corrected chi connectivity index (χ2v) is 8.25. The lowest BCUT2D eigenvalue weighted by atomic mass is 10.0. The van der Waals surface area contributed by atoms with Crippen LogP contribution in [0.5, 0.6) is 5.75 Å². The van der Waals surface area contributed by atoms with E-state index in [1.807, 2.05) is 53.2 Å². The number of nitrogens with one attached hydrogen (secondary N) is 1. The van der Waals surface area contributed by atoms with Crippen LogP contribution in [0.1, 0.15) is 18.9 Å². The summed E-state index contributed by atoms with van der Waals surface area (Å²) < 4.78 is 20.5. The van der Waals surface area contributed by atoms with E-state index in [2.05, 4.69) is 10.3 Å². The molecule has 9 heteroatoms. The fourth-order valence-corrected chi connectivity index (χ4v) is 3.83. The zero-order valence-electron chi connectivity index (χ0n) is 18.3. The van der Waals surface area contributed by atoms with Crippen LogP contribution in [-0.4, -0.2) is 40.6 Å². The molecule has 1 fully saturated rings. The van der Waals surface area contributed by atoms with Gasteiger partial charge in [0.2, 0.25) is 5.91 Å². The van der Waals surface area contributed by atoms with Crippen molar-refractivity contribution in [3.05, 3.63) is 77.8 Å². The molecule has 1 aromatic heterocycles. The molecule has 0 spiro atoms. The van der Waals surface area contributed by atoms with Crippen molar-refractivity contribution in [3.63, 3.8) is 0 Å². The zero-order chi connectivity index (χ0) is 22.4. The molecule has 0 bridgehead atoms. The molecule has 4 rings (SSSR count). The van der Waals surface area contributed by atoms with Crippen LogP contribution < -0.4 is 10.1 Å². The lowest BCUT2D eigenvalue weighted by Gasteiger charge is -2.28. The van der Waals surface area contributed by atoms with Crippen LogP contribution in [0.4, 0.5) is 5.69 Å². The second-order valence-electron chi connectivity index (χ2n) is 7.81. The van der Waals surface area contributed by atoms with Gasteiger partial charge in [0.05, 0.1) is 25.2 Å². The van der Waals surface area contributed by atoms with E-state index in [1.54, 1.807) is 18.6 Å². The van der Waals surface area contributed by atoms with Crippen LogP contribution in [0.2, 0.25) is 5.02 Å². The summed E-state index contributed by atoms with van der Waals surface area (Å²) in [6.45, 7) is 2.72. The van der Waals surface area contributed by atoms with Crippen LogP contribution in [0.15, 0.2) is 67.3 Å². The van der Waals surface area contributed by atoms with Gasteiger partial charge < -0.3 is 24.1 Å². The lowest BCUT2D eigenvalue weighted by Crippen LogP contribution is -2.37. The molecule has 3 aromatic rings. The number of ether oxygens (including phenoxy) is 3. The van der Waals surface area contributed by atoms with Crippen molar-refractivity contribution >= 4 is 35.6 Å². The summed E-state index contributed by atoms with van der Waals surface area (Å²) in [5.41, 5.74) is 1.79. The van der Waals surface area contributed by atoms with Gasteiger partial charge in [-0.15, -0.1) is 12.4 Å². The molecule has 1 saturated heterocycles. The third kappa shape index (κ3) is 6.95. The summed E-state index contributed by atoms with van der Waals surface area (Å²) in [4.78, 5) is 15.6. The predicted octanol–water partition coefficient (Wildman–Crippen LogP) is 4.74. The van der Waals surface area contributed by atoms with Crippen molar-refractivity contribution in [1.29, 1.82) is 0 Å². The van der Waals surface area contributed by atoms with E-state index in [0.29, 0.717) is 42.6 Å². The minimum atomic E-state index is -0.786. The summed E-state index contributed by atoms with van der Waals surface area (Å²) in [5.74, 6) is -0.339. The van der Waals surface area contributed by atoms with Gasteiger partial charge >= 0.3 is 0 Å². The summed E-state index contributed by atoms with van der Waals surface area (Å²) >= 11 is 6.01. The number of benzene rings is 2. The molecule has 33 heavy (non-hydrogen) atoms. The van der Waals surface area contributed by atoms with Crippen LogP contribution in [0.25, 0.3) is 0 Å². The Hall–Kier alpha value is -2.58. The van der Waals surface area contributed by atoms with Crippen molar-refractivity contribution in [2.45, 2.75) is 38.2 Å². The summed E-state index contributed by atoms with van der Waals surface area (Å²) in [6.07, 6.45) is 6.60. The minimum absolute atomic E-state index is 0. The maximum Gasteiger partial charge on any atom is 0.221 e.